The third kappa shape index (κ3) is 3.62. The van der Waals surface area contributed by atoms with E-state index in [0.29, 0.717) is 13.0 Å². The summed E-state index contributed by atoms with van der Waals surface area (Å²) in [4.78, 5) is 0.0176. The second-order valence-corrected chi connectivity index (χ2v) is 8.77. The summed E-state index contributed by atoms with van der Waals surface area (Å²) in [6, 6.07) is 0. The average Bonchev–Trinajstić information content (AvgIpc) is 2.71. The Morgan fingerprint density at radius 1 is 1.33 bits per heavy atom. The van der Waals surface area contributed by atoms with E-state index in [1.165, 1.54) is 11.2 Å². The van der Waals surface area contributed by atoms with Gasteiger partial charge < -0.3 is 4.52 Å². The summed E-state index contributed by atoms with van der Waals surface area (Å²) in [5, 5.41) is 3.60. The Bertz CT molecular complexity index is 689. The molecule has 10 heteroatoms. The molecule has 0 atom stereocenters. The second-order valence-electron chi connectivity index (χ2n) is 4.97. The molecule has 2 heterocycles. The molecule has 2 rings (SSSR count). The van der Waals surface area contributed by atoms with Gasteiger partial charge in [0.25, 0.3) is 0 Å². The largest absolute Gasteiger partial charge is 0.360 e. The first-order chi connectivity index (χ1) is 9.74. The molecule has 0 amide bonds. The van der Waals surface area contributed by atoms with Gasteiger partial charge in [0.2, 0.25) is 20.0 Å². The highest BCUT2D eigenvalue weighted by atomic mass is 32.2. The van der Waals surface area contributed by atoms with Gasteiger partial charge in [-0.05, 0) is 26.7 Å². The first kappa shape index (κ1) is 16.4. The van der Waals surface area contributed by atoms with Crippen LogP contribution in [0.3, 0.4) is 0 Å². The van der Waals surface area contributed by atoms with Crippen LogP contribution in [0.5, 0.6) is 0 Å². The van der Waals surface area contributed by atoms with Crippen LogP contribution in [0, 0.1) is 13.8 Å². The van der Waals surface area contributed by atoms with E-state index < -0.39 is 20.0 Å². The number of aryl methyl sites for hydroxylation is 2. The van der Waals surface area contributed by atoms with Crippen LogP contribution in [0.15, 0.2) is 9.42 Å². The van der Waals surface area contributed by atoms with Gasteiger partial charge in [0.15, 0.2) is 5.76 Å². The van der Waals surface area contributed by atoms with Crippen molar-refractivity contribution in [3.05, 3.63) is 11.5 Å². The molecule has 21 heavy (non-hydrogen) atoms. The van der Waals surface area contributed by atoms with Crippen LogP contribution in [-0.4, -0.2) is 51.7 Å². The smallest absolute Gasteiger partial charge is 0.246 e. The molecular weight excluding hydrogens is 318 g/mol. The number of hydrogen-bond donors (Lipinski definition) is 1. The molecule has 1 fully saturated rings. The third-order valence-electron chi connectivity index (χ3n) is 3.34. The Morgan fingerprint density at radius 2 is 2.05 bits per heavy atom. The Hall–Kier alpha value is -0.970. The summed E-state index contributed by atoms with van der Waals surface area (Å²) in [5.74, 6) is 0.342. The summed E-state index contributed by atoms with van der Waals surface area (Å²) in [7, 11) is -6.99. The standard InChI is InChI=1S/C11H19N3O5S2/c1-9-11(10(2)19-13-9)21(17,18)12-5-7-14-6-3-4-8-20(14,15)16/h12H,3-8H2,1-2H3. The van der Waals surface area contributed by atoms with Gasteiger partial charge in [-0.2, -0.15) is 0 Å². The van der Waals surface area contributed by atoms with E-state index in [-0.39, 0.29) is 35.2 Å². The van der Waals surface area contributed by atoms with Gasteiger partial charge in [-0.1, -0.05) is 5.16 Å². The van der Waals surface area contributed by atoms with Crippen LogP contribution < -0.4 is 4.72 Å². The van der Waals surface area contributed by atoms with Crippen molar-refractivity contribution in [3.8, 4) is 0 Å². The molecule has 1 aliphatic rings. The highest BCUT2D eigenvalue weighted by molar-refractivity contribution is 7.89. The van der Waals surface area contributed by atoms with Crippen LogP contribution >= 0.6 is 0 Å². The fourth-order valence-corrected chi connectivity index (χ4v) is 5.28. The Kier molecular flexibility index (Phi) is 4.71. The molecule has 0 saturated carbocycles. The summed E-state index contributed by atoms with van der Waals surface area (Å²) in [6.45, 7) is 3.65. The van der Waals surface area contributed by atoms with E-state index in [0.717, 1.165) is 6.42 Å². The number of hydrogen-bond acceptors (Lipinski definition) is 6. The van der Waals surface area contributed by atoms with Gasteiger partial charge >= 0.3 is 0 Å². The lowest BCUT2D eigenvalue weighted by atomic mass is 10.3. The van der Waals surface area contributed by atoms with Crippen LogP contribution in [0.1, 0.15) is 24.3 Å². The van der Waals surface area contributed by atoms with Crippen LogP contribution in [-0.2, 0) is 20.0 Å². The topological polar surface area (TPSA) is 110 Å². The summed E-state index contributed by atoms with van der Waals surface area (Å²) in [6.07, 6.45) is 1.46. The predicted molar refractivity (Wildman–Crippen MR) is 75.8 cm³/mol. The minimum atomic E-state index is -3.74. The second kappa shape index (κ2) is 6.03. The molecule has 0 bridgehead atoms. The molecule has 1 saturated heterocycles. The maximum Gasteiger partial charge on any atom is 0.246 e. The Morgan fingerprint density at radius 3 is 2.62 bits per heavy atom. The summed E-state index contributed by atoms with van der Waals surface area (Å²) < 4.78 is 56.5. The van der Waals surface area contributed by atoms with Gasteiger partial charge in [-0.25, -0.2) is 25.9 Å². The summed E-state index contributed by atoms with van der Waals surface area (Å²) >= 11 is 0. The van der Waals surface area contributed by atoms with E-state index >= 15 is 0 Å². The number of nitrogens with one attached hydrogen (secondary N) is 1. The fraction of sp³-hybridized carbons (Fsp3) is 0.727. The Labute approximate surface area is 124 Å². The zero-order valence-electron chi connectivity index (χ0n) is 12.0. The lowest BCUT2D eigenvalue weighted by molar-refractivity contribution is 0.385. The number of nitrogens with zero attached hydrogens (tertiary/aromatic N) is 2. The average molecular weight is 337 g/mol. The molecule has 1 aromatic rings. The molecular formula is C11H19N3O5S2. The van der Waals surface area contributed by atoms with Gasteiger partial charge in [-0.3, -0.25) is 0 Å². The maximum absolute atomic E-state index is 12.2. The minimum absolute atomic E-state index is 0.0176. The highest BCUT2D eigenvalue weighted by Crippen LogP contribution is 2.18. The molecule has 8 nitrogen and oxygen atoms in total. The molecule has 0 unspecified atom stereocenters. The Balaban J connectivity index is 2.00. The number of aromatic nitrogens is 1. The molecule has 1 aliphatic heterocycles. The van der Waals surface area contributed by atoms with Crippen LogP contribution in [0.2, 0.25) is 0 Å². The fourth-order valence-electron chi connectivity index (χ4n) is 2.33. The van der Waals surface area contributed by atoms with Crippen molar-refractivity contribution in [2.75, 3.05) is 25.4 Å². The van der Waals surface area contributed by atoms with Crippen molar-refractivity contribution in [3.63, 3.8) is 0 Å². The SMILES string of the molecule is Cc1noc(C)c1S(=O)(=O)NCCN1CCCCS1(=O)=O. The molecule has 0 radical (unpaired) electrons. The van der Waals surface area contributed by atoms with Gasteiger partial charge in [0.1, 0.15) is 10.6 Å². The predicted octanol–water partition coefficient (Wildman–Crippen LogP) is -0.00466. The molecule has 1 N–H and O–H groups in total. The lowest BCUT2D eigenvalue weighted by Gasteiger charge is -2.26. The van der Waals surface area contributed by atoms with Crippen molar-refractivity contribution < 1.29 is 21.4 Å². The summed E-state index contributed by atoms with van der Waals surface area (Å²) in [5.41, 5.74) is 0.283. The first-order valence-electron chi connectivity index (χ1n) is 6.64. The molecule has 120 valence electrons. The van der Waals surface area contributed by atoms with Gasteiger partial charge in [0.05, 0.1) is 5.75 Å². The molecule has 0 aromatic carbocycles. The minimum Gasteiger partial charge on any atom is -0.360 e. The van der Waals surface area contributed by atoms with E-state index in [2.05, 4.69) is 9.88 Å². The monoisotopic (exact) mass is 337 g/mol. The van der Waals surface area contributed by atoms with E-state index in [1.807, 2.05) is 0 Å². The van der Waals surface area contributed by atoms with E-state index in [1.54, 1.807) is 6.92 Å². The number of rotatable bonds is 5. The van der Waals surface area contributed by atoms with Crippen LogP contribution in [0.4, 0.5) is 0 Å². The van der Waals surface area contributed by atoms with Crippen molar-refractivity contribution in [1.29, 1.82) is 0 Å². The maximum atomic E-state index is 12.2. The normalized spacial score (nSPS) is 19.7. The van der Waals surface area contributed by atoms with Gasteiger partial charge in [-0.15, -0.1) is 0 Å². The zero-order chi connectivity index (χ0) is 15.7. The lowest BCUT2D eigenvalue weighted by Crippen LogP contribution is -2.42. The number of sulfonamides is 2. The van der Waals surface area contributed by atoms with E-state index in [4.69, 9.17) is 4.52 Å². The first-order valence-corrected chi connectivity index (χ1v) is 9.73. The van der Waals surface area contributed by atoms with Gasteiger partial charge in [0, 0.05) is 19.6 Å². The van der Waals surface area contributed by atoms with Crippen molar-refractivity contribution in [2.45, 2.75) is 31.6 Å². The van der Waals surface area contributed by atoms with Crippen molar-refractivity contribution in [1.82, 2.24) is 14.2 Å². The van der Waals surface area contributed by atoms with Crippen molar-refractivity contribution >= 4 is 20.0 Å². The van der Waals surface area contributed by atoms with Crippen LogP contribution in [0.25, 0.3) is 0 Å². The zero-order valence-corrected chi connectivity index (χ0v) is 13.6. The highest BCUT2D eigenvalue weighted by Gasteiger charge is 2.27. The third-order valence-corrected chi connectivity index (χ3v) is 7.00. The molecule has 0 aliphatic carbocycles. The van der Waals surface area contributed by atoms with Crippen molar-refractivity contribution in [2.24, 2.45) is 0 Å². The quantitative estimate of drug-likeness (QED) is 0.809. The molecule has 0 spiro atoms. The molecule has 1 aromatic heterocycles. The van der Waals surface area contributed by atoms with E-state index in [9.17, 15) is 16.8 Å².